The van der Waals surface area contributed by atoms with Crippen LogP contribution >= 0.6 is 15.9 Å². The van der Waals surface area contributed by atoms with Crippen LogP contribution in [-0.2, 0) is 14.8 Å². The minimum absolute atomic E-state index is 0.0283. The molecule has 2 N–H and O–H groups in total. The molecule has 9 heteroatoms. The zero-order chi connectivity index (χ0) is 21.0. The Morgan fingerprint density at radius 3 is 2.59 bits per heavy atom. The number of hydrogen-bond donors (Lipinski definition) is 2. The van der Waals surface area contributed by atoms with Crippen molar-refractivity contribution in [3.63, 3.8) is 0 Å². The highest BCUT2D eigenvalue weighted by molar-refractivity contribution is 9.10. The summed E-state index contributed by atoms with van der Waals surface area (Å²) in [5, 5.41) is 2.88. The summed E-state index contributed by atoms with van der Waals surface area (Å²) in [5.41, 5.74) is 0.629. The van der Waals surface area contributed by atoms with Crippen molar-refractivity contribution in [3.05, 3.63) is 52.5 Å². The van der Waals surface area contributed by atoms with Crippen LogP contribution in [0.4, 0.5) is 5.69 Å². The zero-order valence-corrected chi connectivity index (χ0v) is 18.5. The molecule has 2 aromatic carbocycles. The van der Waals surface area contributed by atoms with Gasteiger partial charge in [-0.3, -0.25) is 9.52 Å². The summed E-state index contributed by atoms with van der Waals surface area (Å²) in [4.78, 5) is 12.5. The highest BCUT2D eigenvalue weighted by atomic mass is 79.9. The molecule has 1 heterocycles. The standard InChI is InChI=1S/C20H23BrN2O5S/c1-13(17-4-3-11-28-17)22-20(24)14-5-10-18(27-2)19(12-14)29(25,26)23-16-8-6-15(21)7-9-16/h5-10,12-13,17,23H,3-4,11H2,1-2H3,(H,22,24)/t13-,17+/m0/s1. The summed E-state index contributed by atoms with van der Waals surface area (Å²) in [6.45, 7) is 2.57. The normalized spacial score (nSPS) is 17.6. The number of ether oxygens (including phenoxy) is 2. The van der Waals surface area contributed by atoms with Gasteiger partial charge in [-0.25, -0.2) is 8.42 Å². The minimum atomic E-state index is -3.96. The first kappa shape index (κ1) is 21.6. The van der Waals surface area contributed by atoms with E-state index in [1.807, 2.05) is 6.92 Å². The summed E-state index contributed by atoms with van der Waals surface area (Å²) in [7, 11) is -2.58. The van der Waals surface area contributed by atoms with Crippen LogP contribution in [0.3, 0.4) is 0 Å². The quantitative estimate of drug-likeness (QED) is 0.629. The maximum atomic E-state index is 12.9. The maximum absolute atomic E-state index is 12.9. The number of amides is 1. The lowest BCUT2D eigenvalue weighted by atomic mass is 10.1. The lowest BCUT2D eigenvalue weighted by Gasteiger charge is -2.20. The Hall–Kier alpha value is -2.10. The fourth-order valence-electron chi connectivity index (χ4n) is 3.14. The molecule has 29 heavy (non-hydrogen) atoms. The summed E-state index contributed by atoms with van der Waals surface area (Å²) in [5.74, 6) is -0.214. The van der Waals surface area contributed by atoms with Gasteiger partial charge in [0.05, 0.1) is 19.3 Å². The van der Waals surface area contributed by atoms with Gasteiger partial charge in [-0.15, -0.1) is 0 Å². The first-order valence-electron chi connectivity index (χ1n) is 9.19. The first-order valence-corrected chi connectivity index (χ1v) is 11.5. The molecule has 0 aliphatic carbocycles. The Kier molecular flexibility index (Phi) is 6.81. The van der Waals surface area contributed by atoms with Crippen LogP contribution in [0.25, 0.3) is 0 Å². The highest BCUT2D eigenvalue weighted by Crippen LogP contribution is 2.28. The van der Waals surface area contributed by atoms with Gasteiger partial charge in [0.2, 0.25) is 0 Å². The van der Waals surface area contributed by atoms with Gasteiger partial charge in [-0.2, -0.15) is 0 Å². The van der Waals surface area contributed by atoms with Crippen molar-refractivity contribution in [2.45, 2.75) is 36.8 Å². The van der Waals surface area contributed by atoms with Crippen molar-refractivity contribution in [1.29, 1.82) is 0 Å². The molecule has 1 fully saturated rings. The first-order chi connectivity index (χ1) is 13.8. The molecule has 1 saturated heterocycles. The number of carbonyl (C=O) groups excluding carboxylic acids is 1. The third-order valence-corrected chi connectivity index (χ3v) is 6.62. The SMILES string of the molecule is COc1ccc(C(=O)N[C@@H](C)[C@H]2CCCO2)cc1S(=O)(=O)Nc1ccc(Br)cc1. The van der Waals surface area contributed by atoms with Gasteiger partial charge < -0.3 is 14.8 Å². The van der Waals surface area contributed by atoms with Crippen LogP contribution < -0.4 is 14.8 Å². The van der Waals surface area contributed by atoms with E-state index >= 15 is 0 Å². The Balaban J connectivity index is 1.83. The third-order valence-electron chi connectivity index (χ3n) is 4.69. The molecule has 1 aliphatic heterocycles. The molecule has 1 amide bonds. The predicted octanol–water partition coefficient (Wildman–Crippen LogP) is 3.56. The van der Waals surface area contributed by atoms with E-state index in [9.17, 15) is 13.2 Å². The van der Waals surface area contributed by atoms with Crippen LogP contribution in [0.15, 0.2) is 51.8 Å². The zero-order valence-electron chi connectivity index (χ0n) is 16.1. The van der Waals surface area contributed by atoms with Gasteiger partial charge in [0.25, 0.3) is 15.9 Å². The molecule has 0 aromatic heterocycles. The third kappa shape index (κ3) is 5.29. The fourth-order valence-corrected chi connectivity index (χ4v) is 4.65. The van der Waals surface area contributed by atoms with Crippen molar-refractivity contribution >= 4 is 37.5 Å². The Morgan fingerprint density at radius 2 is 1.97 bits per heavy atom. The second kappa shape index (κ2) is 9.15. The second-order valence-electron chi connectivity index (χ2n) is 6.79. The van der Waals surface area contributed by atoms with Gasteiger partial charge in [0.15, 0.2) is 0 Å². The number of benzene rings is 2. The van der Waals surface area contributed by atoms with Crippen molar-refractivity contribution in [3.8, 4) is 5.75 Å². The van der Waals surface area contributed by atoms with E-state index in [1.54, 1.807) is 24.3 Å². The molecular formula is C20H23BrN2O5S. The van der Waals surface area contributed by atoms with E-state index in [-0.39, 0.29) is 34.3 Å². The number of anilines is 1. The summed E-state index contributed by atoms with van der Waals surface area (Å²) in [6, 6.07) is 10.9. The van der Waals surface area contributed by atoms with Gasteiger partial charge in [0, 0.05) is 22.3 Å². The minimum Gasteiger partial charge on any atom is -0.495 e. The number of sulfonamides is 1. The monoisotopic (exact) mass is 482 g/mol. The second-order valence-corrected chi connectivity index (χ2v) is 9.36. The summed E-state index contributed by atoms with van der Waals surface area (Å²) < 4.78 is 40.0. The Labute approximate surface area is 179 Å². The summed E-state index contributed by atoms with van der Waals surface area (Å²) in [6.07, 6.45) is 1.83. The molecule has 0 unspecified atom stereocenters. The van der Waals surface area contributed by atoms with Crippen LogP contribution in [-0.4, -0.2) is 40.2 Å². The predicted molar refractivity (Wildman–Crippen MR) is 114 cm³/mol. The molecule has 0 saturated carbocycles. The van der Waals surface area contributed by atoms with E-state index in [0.29, 0.717) is 12.3 Å². The van der Waals surface area contributed by atoms with Crippen molar-refractivity contribution in [1.82, 2.24) is 5.32 Å². The number of nitrogens with one attached hydrogen (secondary N) is 2. The topological polar surface area (TPSA) is 93.7 Å². The molecule has 7 nitrogen and oxygen atoms in total. The van der Waals surface area contributed by atoms with E-state index < -0.39 is 10.0 Å². The Bertz CT molecular complexity index is 973. The van der Waals surface area contributed by atoms with Crippen molar-refractivity contribution in [2.75, 3.05) is 18.4 Å². The smallest absolute Gasteiger partial charge is 0.265 e. The van der Waals surface area contributed by atoms with Gasteiger partial charge in [-0.05, 0) is 62.2 Å². The van der Waals surface area contributed by atoms with E-state index in [0.717, 1.165) is 17.3 Å². The molecule has 2 aromatic rings. The molecule has 2 atom stereocenters. The number of rotatable bonds is 7. The molecular weight excluding hydrogens is 460 g/mol. The maximum Gasteiger partial charge on any atom is 0.265 e. The van der Waals surface area contributed by atoms with Gasteiger partial charge in [0.1, 0.15) is 10.6 Å². The molecule has 0 radical (unpaired) electrons. The summed E-state index contributed by atoms with van der Waals surface area (Å²) >= 11 is 3.31. The molecule has 1 aliphatic rings. The number of halogens is 1. The highest BCUT2D eigenvalue weighted by Gasteiger charge is 2.26. The average Bonchev–Trinajstić information content (AvgIpc) is 3.24. The lowest BCUT2D eigenvalue weighted by Crippen LogP contribution is -2.40. The van der Waals surface area contributed by atoms with Crippen LogP contribution in [0.1, 0.15) is 30.1 Å². The molecule has 0 bridgehead atoms. The number of carbonyl (C=O) groups is 1. The fraction of sp³-hybridized carbons (Fsp3) is 0.350. The molecule has 156 valence electrons. The lowest BCUT2D eigenvalue weighted by molar-refractivity contribution is 0.0712. The Morgan fingerprint density at radius 1 is 1.24 bits per heavy atom. The molecule has 3 rings (SSSR count). The van der Waals surface area contributed by atoms with E-state index in [4.69, 9.17) is 9.47 Å². The number of methoxy groups -OCH3 is 1. The average molecular weight is 483 g/mol. The van der Waals surface area contributed by atoms with Gasteiger partial charge >= 0.3 is 0 Å². The largest absolute Gasteiger partial charge is 0.495 e. The van der Waals surface area contributed by atoms with E-state index in [2.05, 4.69) is 26.0 Å². The van der Waals surface area contributed by atoms with Crippen LogP contribution in [0.2, 0.25) is 0 Å². The van der Waals surface area contributed by atoms with Crippen LogP contribution in [0.5, 0.6) is 5.75 Å². The van der Waals surface area contributed by atoms with Crippen LogP contribution in [0, 0.1) is 0 Å². The van der Waals surface area contributed by atoms with Gasteiger partial charge in [-0.1, -0.05) is 15.9 Å². The van der Waals surface area contributed by atoms with E-state index in [1.165, 1.54) is 25.3 Å². The van der Waals surface area contributed by atoms with Crippen molar-refractivity contribution in [2.24, 2.45) is 0 Å². The molecule has 0 spiro atoms. The number of hydrogen-bond acceptors (Lipinski definition) is 5. The van der Waals surface area contributed by atoms with Crippen molar-refractivity contribution < 1.29 is 22.7 Å².